The zero-order valence-electron chi connectivity index (χ0n) is 17.7. The van der Waals surface area contributed by atoms with Crippen molar-refractivity contribution in [3.05, 3.63) is 36.0 Å². The van der Waals surface area contributed by atoms with Crippen molar-refractivity contribution in [3.63, 3.8) is 0 Å². The third-order valence-corrected chi connectivity index (χ3v) is 6.23. The van der Waals surface area contributed by atoms with Crippen molar-refractivity contribution in [2.45, 2.75) is 31.4 Å². The van der Waals surface area contributed by atoms with Crippen LogP contribution >= 0.6 is 0 Å². The number of benzene rings is 1. The molecule has 2 aromatic rings. The first-order valence-corrected chi connectivity index (χ1v) is 12.7. The second kappa shape index (κ2) is 9.32. The van der Waals surface area contributed by atoms with Gasteiger partial charge in [-0.05, 0) is 36.6 Å². The van der Waals surface area contributed by atoms with Crippen LogP contribution in [0.3, 0.4) is 0 Å². The number of rotatable bonds is 8. The smallest absolute Gasteiger partial charge is 0.224 e. The molecule has 1 aromatic carbocycles. The van der Waals surface area contributed by atoms with Crippen LogP contribution in [0.15, 0.2) is 30.3 Å². The van der Waals surface area contributed by atoms with Gasteiger partial charge in [0.2, 0.25) is 5.91 Å². The van der Waals surface area contributed by atoms with E-state index in [0.29, 0.717) is 50.1 Å². The molecule has 1 aromatic heterocycles. The fraction of sp³-hybridized carbons (Fsp3) is 0.500. The average molecular weight is 445 g/mol. The van der Waals surface area contributed by atoms with Gasteiger partial charge in [-0.15, -0.1) is 0 Å². The minimum absolute atomic E-state index is 0.0284. The molecule has 1 aliphatic carbocycles. The highest BCUT2D eigenvalue weighted by atomic mass is 32.2. The van der Waals surface area contributed by atoms with Gasteiger partial charge in [-0.25, -0.2) is 18.4 Å². The van der Waals surface area contributed by atoms with E-state index in [2.05, 4.69) is 20.2 Å². The number of nitrogens with zero attached hydrogens (tertiary/aromatic N) is 3. The number of carbonyl (C=O) groups excluding carboxylic acids is 1. The van der Waals surface area contributed by atoms with Gasteiger partial charge >= 0.3 is 0 Å². The summed E-state index contributed by atoms with van der Waals surface area (Å²) in [6, 6.07) is 9.08. The average Bonchev–Trinajstić information content (AvgIpc) is 3.57. The lowest BCUT2D eigenvalue weighted by Gasteiger charge is -2.28. The summed E-state index contributed by atoms with van der Waals surface area (Å²) in [5.74, 6) is 1.78. The highest BCUT2D eigenvalue weighted by Crippen LogP contribution is 2.33. The highest BCUT2D eigenvalue weighted by Gasteiger charge is 2.22. The van der Waals surface area contributed by atoms with Crippen molar-refractivity contribution in [2.75, 3.05) is 42.8 Å². The lowest BCUT2D eigenvalue weighted by atomic mass is 10.1. The first-order valence-electron chi connectivity index (χ1n) is 10.6. The number of hydrogen-bond donors (Lipinski definition) is 1. The standard InChI is InChI=1S/C22H28N4O4S/c1-31(28,29)15-19-14-20(26-10-12-30-13-11-26)25-22(24-19)17-5-7-18(8-6-17)23-21(27)9-4-16-2-3-16/h5-8,14,16H,2-4,9-13,15H2,1H3,(H,23,27). The van der Waals surface area contributed by atoms with Crippen LogP contribution in [0.1, 0.15) is 31.4 Å². The number of hydrogen-bond acceptors (Lipinski definition) is 7. The number of morpholine rings is 1. The normalized spacial score (nSPS) is 16.9. The summed E-state index contributed by atoms with van der Waals surface area (Å²) in [7, 11) is -3.23. The van der Waals surface area contributed by atoms with Crippen LogP contribution in [0.25, 0.3) is 11.4 Å². The predicted molar refractivity (Wildman–Crippen MR) is 120 cm³/mol. The minimum atomic E-state index is -3.23. The van der Waals surface area contributed by atoms with E-state index in [4.69, 9.17) is 4.74 Å². The molecule has 1 saturated carbocycles. The molecule has 0 bridgehead atoms. The Labute approximate surface area is 183 Å². The van der Waals surface area contributed by atoms with E-state index in [-0.39, 0.29) is 11.7 Å². The molecule has 31 heavy (non-hydrogen) atoms. The summed E-state index contributed by atoms with van der Waals surface area (Å²) in [5.41, 5.74) is 1.96. The molecule has 4 rings (SSSR count). The lowest BCUT2D eigenvalue weighted by Crippen LogP contribution is -2.37. The van der Waals surface area contributed by atoms with Crippen LogP contribution < -0.4 is 10.2 Å². The molecule has 1 N–H and O–H groups in total. The van der Waals surface area contributed by atoms with Gasteiger partial charge in [-0.2, -0.15) is 0 Å². The molecule has 0 unspecified atom stereocenters. The van der Waals surface area contributed by atoms with Crippen molar-refractivity contribution in [3.8, 4) is 11.4 Å². The quantitative estimate of drug-likeness (QED) is 0.668. The van der Waals surface area contributed by atoms with Crippen LogP contribution in [0.4, 0.5) is 11.5 Å². The van der Waals surface area contributed by atoms with Crippen molar-refractivity contribution >= 4 is 27.2 Å². The molecule has 0 spiro atoms. The third kappa shape index (κ3) is 6.48. The van der Waals surface area contributed by atoms with E-state index in [9.17, 15) is 13.2 Å². The second-order valence-corrected chi connectivity index (χ2v) is 10.5. The van der Waals surface area contributed by atoms with E-state index in [1.165, 1.54) is 19.1 Å². The van der Waals surface area contributed by atoms with E-state index in [1.807, 2.05) is 24.3 Å². The number of aromatic nitrogens is 2. The zero-order chi connectivity index (χ0) is 21.8. The molecule has 8 nitrogen and oxygen atoms in total. The Morgan fingerprint density at radius 1 is 1.16 bits per heavy atom. The van der Waals surface area contributed by atoms with Gasteiger partial charge in [0.25, 0.3) is 0 Å². The van der Waals surface area contributed by atoms with Crippen molar-refractivity contribution < 1.29 is 17.9 Å². The summed E-state index contributed by atoms with van der Waals surface area (Å²) < 4.78 is 29.1. The van der Waals surface area contributed by atoms with Crippen LogP contribution in [0.5, 0.6) is 0 Å². The van der Waals surface area contributed by atoms with Crippen LogP contribution in [-0.2, 0) is 25.1 Å². The fourth-order valence-corrected chi connectivity index (χ4v) is 4.26. The molecule has 2 aliphatic rings. The Hall–Kier alpha value is -2.52. The molecule has 0 radical (unpaired) electrons. The van der Waals surface area contributed by atoms with Crippen LogP contribution in [0.2, 0.25) is 0 Å². The van der Waals surface area contributed by atoms with E-state index in [1.54, 1.807) is 6.07 Å². The molecule has 9 heteroatoms. The third-order valence-electron chi connectivity index (χ3n) is 5.41. The van der Waals surface area contributed by atoms with Gasteiger partial charge in [0.15, 0.2) is 15.7 Å². The number of amides is 1. The Balaban J connectivity index is 1.53. The molecule has 1 aliphatic heterocycles. The SMILES string of the molecule is CS(=O)(=O)Cc1cc(N2CCOCC2)nc(-c2ccc(NC(=O)CCC3CC3)cc2)n1. The van der Waals surface area contributed by atoms with Gasteiger partial charge in [0, 0.05) is 43.1 Å². The van der Waals surface area contributed by atoms with Crippen LogP contribution in [-0.4, -0.2) is 56.9 Å². The number of carbonyl (C=O) groups is 1. The van der Waals surface area contributed by atoms with E-state index >= 15 is 0 Å². The van der Waals surface area contributed by atoms with Gasteiger partial charge in [0.1, 0.15) is 5.82 Å². The molecule has 1 saturated heterocycles. The molecule has 166 valence electrons. The molecular formula is C22H28N4O4S. The fourth-order valence-electron chi connectivity index (χ4n) is 3.58. The molecule has 2 fully saturated rings. The van der Waals surface area contributed by atoms with Gasteiger partial charge in [-0.3, -0.25) is 4.79 Å². The van der Waals surface area contributed by atoms with Gasteiger partial charge in [-0.1, -0.05) is 12.8 Å². The van der Waals surface area contributed by atoms with E-state index < -0.39 is 9.84 Å². The summed E-state index contributed by atoms with van der Waals surface area (Å²) in [5, 5.41) is 2.93. The first kappa shape index (κ1) is 21.7. The number of ether oxygens (including phenoxy) is 1. The maximum absolute atomic E-state index is 12.1. The van der Waals surface area contributed by atoms with Crippen LogP contribution in [0, 0.1) is 5.92 Å². The molecule has 0 atom stereocenters. The minimum Gasteiger partial charge on any atom is -0.378 e. The Morgan fingerprint density at radius 3 is 2.52 bits per heavy atom. The van der Waals surface area contributed by atoms with Gasteiger partial charge < -0.3 is 15.0 Å². The van der Waals surface area contributed by atoms with Gasteiger partial charge in [0.05, 0.1) is 24.7 Å². The Morgan fingerprint density at radius 2 is 1.87 bits per heavy atom. The summed E-state index contributed by atoms with van der Waals surface area (Å²) in [4.78, 5) is 23.3. The summed E-state index contributed by atoms with van der Waals surface area (Å²) in [6.45, 7) is 2.60. The monoisotopic (exact) mass is 444 g/mol. The van der Waals surface area contributed by atoms with E-state index in [0.717, 1.165) is 23.6 Å². The molecule has 1 amide bonds. The maximum Gasteiger partial charge on any atom is 0.224 e. The van der Waals surface area contributed by atoms with Crippen molar-refractivity contribution in [2.24, 2.45) is 5.92 Å². The number of sulfone groups is 1. The maximum atomic E-state index is 12.1. The largest absolute Gasteiger partial charge is 0.378 e. The predicted octanol–water partition coefficient (Wildman–Crippen LogP) is 2.65. The molecule has 2 heterocycles. The zero-order valence-corrected chi connectivity index (χ0v) is 18.5. The topological polar surface area (TPSA) is 101 Å². The number of nitrogens with one attached hydrogen (secondary N) is 1. The molecular weight excluding hydrogens is 416 g/mol. The summed E-state index contributed by atoms with van der Waals surface area (Å²) in [6.07, 6.45) is 5.19. The Bertz CT molecular complexity index is 1030. The van der Waals surface area contributed by atoms with Crippen molar-refractivity contribution in [1.29, 1.82) is 0 Å². The number of anilines is 2. The lowest BCUT2D eigenvalue weighted by molar-refractivity contribution is -0.116. The second-order valence-electron chi connectivity index (χ2n) is 8.32. The summed E-state index contributed by atoms with van der Waals surface area (Å²) >= 11 is 0. The highest BCUT2D eigenvalue weighted by molar-refractivity contribution is 7.89. The first-order chi connectivity index (χ1) is 14.9. The van der Waals surface area contributed by atoms with Crippen molar-refractivity contribution in [1.82, 2.24) is 9.97 Å². The Kier molecular flexibility index (Phi) is 6.52.